The fourth-order valence-electron chi connectivity index (χ4n) is 3.19. The molecule has 0 saturated carbocycles. The van der Waals surface area contributed by atoms with E-state index >= 15 is 0 Å². The average molecular weight is 523 g/mol. The number of nitrogens with one attached hydrogen (secondary N) is 3. The number of pyridine rings is 1. The minimum absolute atomic E-state index is 0. The van der Waals surface area contributed by atoms with Crippen LogP contribution in [0.4, 0.5) is 29.3 Å². The third kappa shape index (κ3) is 6.51. The van der Waals surface area contributed by atoms with Crippen molar-refractivity contribution in [2.75, 3.05) is 17.2 Å². The van der Waals surface area contributed by atoms with Crippen LogP contribution in [0, 0.1) is 18.3 Å². The molecule has 0 fully saturated rings. The van der Waals surface area contributed by atoms with Gasteiger partial charge >= 0.3 is 12.2 Å². The number of aryl methyl sites for hydroxylation is 1. The minimum Gasteiger partial charge on any atom is -0.488 e. The summed E-state index contributed by atoms with van der Waals surface area (Å²) in [7, 11) is 0. The number of carbonyl (C=O) groups is 1. The summed E-state index contributed by atoms with van der Waals surface area (Å²) < 4.78 is 45.6. The van der Waals surface area contributed by atoms with E-state index in [9.17, 15) is 22.8 Å². The van der Waals surface area contributed by atoms with Gasteiger partial charge in [-0.25, -0.2) is 14.8 Å². The number of hydrogen-bond donors (Lipinski definition) is 3. The topological polar surface area (TPSA) is 133 Å². The van der Waals surface area contributed by atoms with Gasteiger partial charge in [-0.15, -0.1) is 12.4 Å². The monoisotopic (exact) mass is 522 g/mol. The van der Waals surface area contributed by atoms with Crippen molar-refractivity contribution in [1.82, 2.24) is 15.0 Å². The van der Waals surface area contributed by atoms with Crippen LogP contribution in [-0.4, -0.2) is 27.6 Å². The number of nitriles is 1. The Morgan fingerprint density at radius 2 is 2.00 bits per heavy atom. The standard InChI is InChI=1S/C23H21F3N6O3.ClH/c1-4-35-19-7-14(10-29-21(19)33)20-28-11-18(13(3)30-20)32-22(34)31-15-5-6-16(12(2)9-27)17(8-15)23(24,25)26;/h5-8,10-12H,4H2,1-3H3,(H,29,33)(H2,31,32,34);1H. The van der Waals surface area contributed by atoms with Crippen LogP contribution < -0.4 is 20.9 Å². The Labute approximate surface area is 210 Å². The first-order valence-electron chi connectivity index (χ1n) is 10.4. The quantitative estimate of drug-likeness (QED) is 0.405. The largest absolute Gasteiger partial charge is 0.488 e. The van der Waals surface area contributed by atoms with Gasteiger partial charge in [0, 0.05) is 17.4 Å². The van der Waals surface area contributed by atoms with Crippen LogP contribution in [0.1, 0.15) is 36.6 Å². The van der Waals surface area contributed by atoms with Crippen LogP contribution in [0.25, 0.3) is 11.4 Å². The fraction of sp³-hybridized carbons (Fsp3) is 0.261. The molecule has 36 heavy (non-hydrogen) atoms. The van der Waals surface area contributed by atoms with Gasteiger partial charge in [-0.2, -0.15) is 18.4 Å². The van der Waals surface area contributed by atoms with Crippen molar-refractivity contribution in [3.8, 4) is 23.2 Å². The van der Waals surface area contributed by atoms with E-state index in [4.69, 9.17) is 10.00 Å². The van der Waals surface area contributed by atoms with Crippen LogP contribution in [0.3, 0.4) is 0 Å². The zero-order valence-corrected chi connectivity index (χ0v) is 20.2. The van der Waals surface area contributed by atoms with Crippen LogP contribution >= 0.6 is 12.4 Å². The summed E-state index contributed by atoms with van der Waals surface area (Å²) in [5.41, 5.74) is -0.587. The van der Waals surface area contributed by atoms with E-state index in [1.165, 1.54) is 31.5 Å². The maximum absolute atomic E-state index is 13.4. The van der Waals surface area contributed by atoms with Crippen LogP contribution in [0.15, 0.2) is 41.5 Å². The zero-order valence-electron chi connectivity index (χ0n) is 19.4. The highest BCUT2D eigenvalue weighted by Gasteiger charge is 2.35. The summed E-state index contributed by atoms with van der Waals surface area (Å²) in [6, 6.07) is 5.70. The highest BCUT2D eigenvalue weighted by Crippen LogP contribution is 2.36. The lowest BCUT2D eigenvalue weighted by atomic mass is 9.96. The summed E-state index contributed by atoms with van der Waals surface area (Å²) >= 11 is 0. The predicted octanol–water partition coefficient (Wildman–Crippen LogP) is 5.25. The Balaban J connectivity index is 0.00000456. The first-order valence-corrected chi connectivity index (χ1v) is 10.4. The van der Waals surface area contributed by atoms with Gasteiger partial charge < -0.3 is 20.4 Å². The van der Waals surface area contributed by atoms with Crippen molar-refractivity contribution in [1.29, 1.82) is 5.26 Å². The molecule has 3 rings (SSSR count). The van der Waals surface area contributed by atoms with Gasteiger partial charge in [-0.1, -0.05) is 6.07 Å². The smallest absolute Gasteiger partial charge is 0.416 e. The molecule has 1 atom stereocenters. The maximum Gasteiger partial charge on any atom is 0.416 e. The minimum atomic E-state index is -4.70. The molecule has 190 valence electrons. The van der Waals surface area contributed by atoms with E-state index in [-0.39, 0.29) is 40.9 Å². The second kappa shape index (κ2) is 11.5. The molecule has 1 unspecified atom stereocenters. The zero-order chi connectivity index (χ0) is 25.8. The summed E-state index contributed by atoms with van der Waals surface area (Å²) in [6.45, 7) is 5.01. The number of halogens is 4. The number of carbonyl (C=O) groups excluding carboxylic acids is 1. The van der Waals surface area contributed by atoms with Gasteiger partial charge in [0.25, 0.3) is 5.56 Å². The third-order valence-electron chi connectivity index (χ3n) is 4.93. The number of anilines is 2. The van der Waals surface area contributed by atoms with Crippen molar-refractivity contribution in [3.63, 3.8) is 0 Å². The molecule has 2 amide bonds. The number of amides is 2. The highest BCUT2D eigenvalue weighted by atomic mass is 35.5. The van der Waals surface area contributed by atoms with Gasteiger partial charge in [0.1, 0.15) is 0 Å². The molecule has 0 bridgehead atoms. The molecule has 3 N–H and O–H groups in total. The molecule has 3 aromatic rings. The molecule has 0 radical (unpaired) electrons. The van der Waals surface area contributed by atoms with E-state index in [0.717, 1.165) is 12.1 Å². The molecule has 0 aliphatic rings. The molecular weight excluding hydrogens is 501 g/mol. The normalized spacial score (nSPS) is 11.6. The number of rotatable bonds is 6. The molecule has 0 spiro atoms. The van der Waals surface area contributed by atoms with Gasteiger partial charge in [0.2, 0.25) is 0 Å². The number of aromatic amines is 1. The molecule has 13 heteroatoms. The molecule has 0 aliphatic heterocycles. The number of H-pyrrole nitrogens is 1. The lowest BCUT2D eigenvalue weighted by molar-refractivity contribution is -0.138. The van der Waals surface area contributed by atoms with Crippen molar-refractivity contribution in [3.05, 3.63) is 63.8 Å². The highest BCUT2D eigenvalue weighted by molar-refractivity contribution is 6.00. The van der Waals surface area contributed by atoms with E-state index in [1.54, 1.807) is 19.9 Å². The fourth-order valence-corrected chi connectivity index (χ4v) is 3.19. The number of hydrogen-bond acceptors (Lipinski definition) is 6. The summed E-state index contributed by atoms with van der Waals surface area (Å²) in [5, 5.41) is 13.8. The number of urea groups is 1. The number of benzene rings is 1. The Hall–Kier alpha value is -4.11. The molecule has 2 heterocycles. The van der Waals surface area contributed by atoms with Crippen molar-refractivity contribution < 1.29 is 22.7 Å². The second-order valence-electron chi connectivity index (χ2n) is 7.44. The van der Waals surface area contributed by atoms with E-state index in [1.807, 2.05) is 0 Å². The van der Waals surface area contributed by atoms with Crippen LogP contribution in [0.2, 0.25) is 0 Å². The predicted molar refractivity (Wildman–Crippen MR) is 129 cm³/mol. The van der Waals surface area contributed by atoms with Gasteiger partial charge in [0.15, 0.2) is 11.6 Å². The Bertz CT molecular complexity index is 1350. The Morgan fingerprint density at radius 3 is 2.61 bits per heavy atom. The van der Waals surface area contributed by atoms with Gasteiger partial charge in [-0.05, 0) is 44.5 Å². The lowest BCUT2D eigenvalue weighted by Crippen LogP contribution is -2.21. The SMILES string of the molecule is CCOc1cc(-c2ncc(NC(=O)Nc3ccc(C(C)C#N)c(C(F)(F)F)c3)c(C)n2)c[nH]c1=O.Cl. The summed E-state index contributed by atoms with van der Waals surface area (Å²) in [5.74, 6) is -0.594. The first kappa shape index (κ1) is 28.1. The average Bonchev–Trinajstić information content (AvgIpc) is 2.81. The second-order valence-corrected chi connectivity index (χ2v) is 7.44. The number of alkyl halides is 3. The molecule has 0 aliphatic carbocycles. The van der Waals surface area contributed by atoms with E-state index in [2.05, 4.69) is 25.6 Å². The van der Waals surface area contributed by atoms with Gasteiger partial charge in [0.05, 0.1) is 41.7 Å². The molecule has 2 aromatic heterocycles. The van der Waals surface area contributed by atoms with E-state index in [0.29, 0.717) is 17.9 Å². The van der Waals surface area contributed by atoms with Crippen molar-refractivity contribution in [2.24, 2.45) is 0 Å². The number of aromatic nitrogens is 3. The molecule has 0 saturated heterocycles. The number of nitrogens with zero attached hydrogens (tertiary/aromatic N) is 3. The van der Waals surface area contributed by atoms with Crippen molar-refractivity contribution in [2.45, 2.75) is 32.9 Å². The van der Waals surface area contributed by atoms with E-state index < -0.39 is 29.2 Å². The van der Waals surface area contributed by atoms with Crippen molar-refractivity contribution >= 4 is 29.8 Å². The summed E-state index contributed by atoms with van der Waals surface area (Å²) in [4.78, 5) is 35.2. The maximum atomic E-state index is 13.4. The molecule has 9 nitrogen and oxygen atoms in total. The Morgan fingerprint density at radius 1 is 1.28 bits per heavy atom. The van der Waals surface area contributed by atoms with Crippen LogP contribution in [0.5, 0.6) is 5.75 Å². The third-order valence-corrected chi connectivity index (χ3v) is 4.93. The number of ether oxygens (including phenoxy) is 1. The summed E-state index contributed by atoms with van der Waals surface area (Å²) in [6.07, 6.45) is -1.94. The Kier molecular flexibility index (Phi) is 9.02. The van der Waals surface area contributed by atoms with Gasteiger partial charge in [-0.3, -0.25) is 4.79 Å². The van der Waals surface area contributed by atoms with Crippen LogP contribution in [-0.2, 0) is 6.18 Å². The lowest BCUT2D eigenvalue weighted by Gasteiger charge is -2.16. The molecule has 1 aromatic carbocycles. The first-order chi connectivity index (χ1) is 16.5. The molecular formula is C23H22ClF3N6O3.